The van der Waals surface area contributed by atoms with Gasteiger partial charge in [-0.2, -0.15) is 0 Å². The average Bonchev–Trinajstić information content (AvgIpc) is 2.65. The second kappa shape index (κ2) is 8.61. The van der Waals surface area contributed by atoms with Gasteiger partial charge in [-0.15, -0.1) is 0 Å². The first kappa shape index (κ1) is 19.5. The number of hydroxylamine groups is 2. The van der Waals surface area contributed by atoms with Crippen LogP contribution in [0.1, 0.15) is 22.3 Å². The Morgan fingerprint density at radius 2 is 2.19 bits per heavy atom. The van der Waals surface area contributed by atoms with Gasteiger partial charge in [0.25, 0.3) is 5.91 Å². The molecular weight excluding hydrogens is 468 g/mol. The number of amides is 1. The van der Waals surface area contributed by atoms with E-state index in [1.165, 1.54) is 24.4 Å². The number of pyridine rings is 1. The predicted octanol–water partition coefficient (Wildman–Crippen LogP) is 3.06. The summed E-state index contributed by atoms with van der Waals surface area (Å²) in [5, 5.41) is 4.15. The van der Waals surface area contributed by atoms with Crippen molar-refractivity contribution >= 4 is 45.8 Å². The molecule has 9 heteroatoms. The standard InChI is InChI=1S/C18H17FIN3O4/c1-26-16(24)5-7-27-23-6-4-11-9-21-10-15(17(11)18(23)25)22-14-3-2-12(20)8-13(14)19/h2-3,8-10,22H,4-7H2,1H3. The van der Waals surface area contributed by atoms with Gasteiger partial charge in [-0.3, -0.25) is 19.4 Å². The summed E-state index contributed by atoms with van der Waals surface area (Å²) in [6.45, 7) is 0.378. The Balaban J connectivity index is 1.80. The molecule has 0 radical (unpaired) electrons. The normalized spacial score (nSPS) is 13.3. The molecule has 1 aromatic heterocycles. The highest BCUT2D eigenvalue weighted by molar-refractivity contribution is 14.1. The van der Waals surface area contributed by atoms with Crippen LogP contribution in [0.5, 0.6) is 0 Å². The van der Waals surface area contributed by atoms with Crippen molar-refractivity contribution < 1.29 is 23.6 Å². The van der Waals surface area contributed by atoms with Crippen molar-refractivity contribution in [2.24, 2.45) is 0 Å². The minimum Gasteiger partial charge on any atom is -0.469 e. The second-order valence-electron chi connectivity index (χ2n) is 5.79. The zero-order valence-corrected chi connectivity index (χ0v) is 16.7. The molecule has 1 aromatic carbocycles. The Hall–Kier alpha value is -2.27. The molecule has 27 heavy (non-hydrogen) atoms. The predicted molar refractivity (Wildman–Crippen MR) is 104 cm³/mol. The van der Waals surface area contributed by atoms with Crippen LogP contribution in [0.2, 0.25) is 0 Å². The zero-order valence-electron chi connectivity index (χ0n) is 14.5. The van der Waals surface area contributed by atoms with Crippen molar-refractivity contribution in [1.82, 2.24) is 10.0 Å². The number of anilines is 2. The van der Waals surface area contributed by atoms with Crippen molar-refractivity contribution in [2.75, 3.05) is 25.6 Å². The van der Waals surface area contributed by atoms with E-state index >= 15 is 0 Å². The number of methoxy groups -OCH3 is 1. The quantitative estimate of drug-likeness (QED) is 0.501. The van der Waals surface area contributed by atoms with E-state index in [0.29, 0.717) is 24.2 Å². The molecule has 0 saturated heterocycles. The highest BCUT2D eigenvalue weighted by Crippen LogP contribution is 2.29. The maximum atomic E-state index is 14.2. The molecule has 0 fully saturated rings. The van der Waals surface area contributed by atoms with Crippen LogP contribution in [-0.4, -0.2) is 42.2 Å². The maximum Gasteiger partial charge on any atom is 0.307 e. The van der Waals surface area contributed by atoms with Crippen LogP contribution < -0.4 is 5.32 Å². The van der Waals surface area contributed by atoms with Crippen LogP contribution >= 0.6 is 22.6 Å². The van der Waals surface area contributed by atoms with E-state index in [4.69, 9.17) is 4.84 Å². The highest BCUT2D eigenvalue weighted by atomic mass is 127. The lowest BCUT2D eigenvalue weighted by atomic mass is 10.0. The molecular formula is C18H17FIN3O4. The van der Waals surface area contributed by atoms with Crippen molar-refractivity contribution in [2.45, 2.75) is 12.8 Å². The summed E-state index contributed by atoms with van der Waals surface area (Å²) in [6, 6.07) is 4.77. The first-order valence-corrected chi connectivity index (χ1v) is 9.28. The van der Waals surface area contributed by atoms with Gasteiger partial charge in [-0.05, 0) is 52.8 Å². The number of fused-ring (bicyclic) bond motifs is 1. The summed E-state index contributed by atoms with van der Waals surface area (Å²) in [4.78, 5) is 33.6. The number of nitrogens with zero attached hydrogens (tertiary/aromatic N) is 2. The summed E-state index contributed by atoms with van der Waals surface area (Å²) in [5.74, 6) is -1.20. The minimum absolute atomic E-state index is 0.0351. The summed E-state index contributed by atoms with van der Waals surface area (Å²) < 4.78 is 19.5. The fourth-order valence-electron chi connectivity index (χ4n) is 2.69. The molecule has 3 rings (SSSR count). The van der Waals surface area contributed by atoms with E-state index in [0.717, 1.165) is 9.13 Å². The highest BCUT2D eigenvalue weighted by Gasteiger charge is 2.28. The second-order valence-corrected chi connectivity index (χ2v) is 7.03. The molecule has 0 aliphatic carbocycles. The number of halogens is 2. The van der Waals surface area contributed by atoms with E-state index < -0.39 is 11.8 Å². The zero-order chi connectivity index (χ0) is 19.4. The van der Waals surface area contributed by atoms with Gasteiger partial charge in [0.1, 0.15) is 5.82 Å². The number of carbonyl (C=O) groups is 2. The lowest BCUT2D eigenvalue weighted by Gasteiger charge is -2.28. The maximum absolute atomic E-state index is 14.2. The number of aromatic nitrogens is 1. The third-order valence-electron chi connectivity index (χ3n) is 4.03. The number of esters is 1. The van der Waals surface area contributed by atoms with Gasteiger partial charge in [0.05, 0.1) is 49.8 Å². The Kier molecular flexibility index (Phi) is 6.22. The third-order valence-corrected chi connectivity index (χ3v) is 4.70. The number of rotatable bonds is 6. The molecule has 0 saturated carbocycles. The van der Waals surface area contributed by atoms with Gasteiger partial charge in [0, 0.05) is 9.77 Å². The van der Waals surface area contributed by atoms with Crippen molar-refractivity contribution in [3.63, 3.8) is 0 Å². The number of carbonyl (C=O) groups excluding carboxylic acids is 2. The SMILES string of the molecule is COC(=O)CCON1CCc2cncc(Nc3ccc(I)cc3F)c2C1=O. The van der Waals surface area contributed by atoms with Gasteiger partial charge in [0.2, 0.25) is 0 Å². The fraction of sp³-hybridized carbons (Fsp3) is 0.278. The Morgan fingerprint density at radius 3 is 2.93 bits per heavy atom. The number of benzene rings is 1. The minimum atomic E-state index is -0.422. The largest absolute Gasteiger partial charge is 0.469 e. The monoisotopic (exact) mass is 485 g/mol. The summed E-state index contributed by atoms with van der Waals surface area (Å²) in [7, 11) is 1.29. The summed E-state index contributed by atoms with van der Waals surface area (Å²) in [5.41, 5.74) is 1.79. The van der Waals surface area contributed by atoms with Gasteiger partial charge in [0.15, 0.2) is 0 Å². The Bertz CT molecular complexity index is 878. The topological polar surface area (TPSA) is 80.8 Å². The van der Waals surface area contributed by atoms with E-state index in [9.17, 15) is 14.0 Å². The van der Waals surface area contributed by atoms with E-state index in [1.54, 1.807) is 18.3 Å². The smallest absolute Gasteiger partial charge is 0.307 e. The first-order chi connectivity index (χ1) is 13.0. The molecule has 0 unspecified atom stereocenters. The van der Waals surface area contributed by atoms with Crippen molar-refractivity contribution in [3.05, 3.63) is 51.1 Å². The molecule has 1 aliphatic rings. The molecule has 0 atom stereocenters. The van der Waals surface area contributed by atoms with E-state index in [-0.39, 0.29) is 24.6 Å². The Morgan fingerprint density at radius 1 is 1.37 bits per heavy atom. The first-order valence-electron chi connectivity index (χ1n) is 8.20. The molecule has 0 spiro atoms. The lowest BCUT2D eigenvalue weighted by molar-refractivity contribution is -0.152. The lowest BCUT2D eigenvalue weighted by Crippen LogP contribution is -2.38. The van der Waals surface area contributed by atoms with Gasteiger partial charge < -0.3 is 10.1 Å². The molecule has 1 amide bonds. The molecule has 7 nitrogen and oxygen atoms in total. The Labute approximate surface area is 168 Å². The van der Waals surface area contributed by atoms with Gasteiger partial charge in [-0.1, -0.05) is 0 Å². The number of nitrogens with one attached hydrogen (secondary N) is 1. The van der Waals surface area contributed by atoms with Gasteiger partial charge >= 0.3 is 5.97 Å². The summed E-state index contributed by atoms with van der Waals surface area (Å²) in [6.07, 6.45) is 3.68. The van der Waals surface area contributed by atoms with Crippen LogP contribution in [0.3, 0.4) is 0 Å². The van der Waals surface area contributed by atoms with Crippen LogP contribution in [0, 0.1) is 9.39 Å². The number of hydrogen-bond donors (Lipinski definition) is 1. The molecule has 1 aliphatic heterocycles. The summed E-state index contributed by atoms with van der Waals surface area (Å²) >= 11 is 2.02. The van der Waals surface area contributed by atoms with Gasteiger partial charge in [-0.25, -0.2) is 9.45 Å². The average molecular weight is 485 g/mol. The van der Waals surface area contributed by atoms with Crippen LogP contribution in [-0.2, 0) is 20.8 Å². The van der Waals surface area contributed by atoms with E-state index in [2.05, 4.69) is 15.0 Å². The molecule has 2 aromatic rings. The molecule has 142 valence electrons. The van der Waals surface area contributed by atoms with Crippen LogP contribution in [0.4, 0.5) is 15.8 Å². The van der Waals surface area contributed by atoms with E-state index in [1.807, 2.05) is 22.6 Å². The third kappa shape index (κ3) is 4.53. The van der Waals surface area contributed by atoms with Crippen molar-refractivity contribution in [3.8, 4) is 0 Å². The van der Waals surface area contributed by atoms with Crippen molar-refractivity contribution in [1.29, 1.82) is 0 Å². The van der Waals surface area contributed by atoms with Crippen LogP contribution in [0.15, 0.2) is 30.6 Å². The molecule has 1 N–H and O–H groups in total. The number of hydrogen-bond acceptors (Lipinski definition) is 6. The van der Waals surface area contributed by atoms with Crippen LogP contribution in [0.25, 0.3) is 0 Å². The number of ether oxygens (including phenoxy) is 1. The fourth-order valence-corrected chi connectivity index (χ4v) is 3.14. The molecule has 0 bridgehead atoms. The molecule has 2 heterocycles.